The fourth-order valence-electron chi connectivity index (χ4n) is 7.77. The number of hydrogen-bond acceptors (Lipinski definition) is 0. The second-order valence-corrected chi connectivity index (χ2v) is 68.7. The Labute approximate surface area is 258 Å². The molecule has 40 heavy (non-hydrogen) atoms. The Morgan fingerprint density at radius 2 is 0.900 bits per heavy atom. The van der Waals surface area contributed by atoms with Gasteiger partial charge in [-0.15, -0.1) is 24.8 Å². The molecule has 0 amide bonds. The number of hydrogen-bond donors (Lipinski definition) is 0. The van der Waals surface area contributed by atoms with Gasteiger partial charge < -0.3 is 0 Å². The van der Waals surface area contributed by atoms with Crippen LogP contribution >= 0.6 is 24.8 Å². The Morgan fingerprint density at radius 1 is 0.550 bits per heavy atom. The van der Waals surface area contributed by atoms with E-state index in [1.54, 1.807) is 11.1 Å². The molecule has 0 N–H and O–H groups in total. The summed E-state index contributed by atoms with van der Waals surface area (Å²) >= 11 is -3.86. The Morgan fingerprint density at radius 3 is 1.25 bits per heavy atom. The summed E-state index contributed by atoms with van der Waals surface area (Å²) < 4.78 is 6.88. The van der Waals surface area contributed by atoms with Crippen molar-refractivity contribution in [2.75, 3.05) is 0 Å². The molecular weight excluding hydrogens is 742 g/mol. The van der Waals surface area contributed by atoms with Crippen LogP contribution in [0.1, 0.15) is 29.6 Å². The molecule has 0 nitrogen and oxygen atoms in total. The molecule has 2 aliphatic carbocycles. The Hall–Kier alpha value is -1.02. The Bertz CT molecular complexity index is 1660. The van der Waals surface area contributed by atoms with Crippen molar-refractivity contribution in [2.24, 2.45) is 0 Å². The van der Waals surface area contributed by atoms with Crippen molar-refractivity contribution < 1.29 is 17.1 Å². The van der Waals surface area contributed by atoms with Crippen LogP contribution in [-0.2, 0) is 17.1 Å². The number of benzene rings is 4. The molecule has 0 radical (unpaired) electrons. The van der Waals surface area contributed by atoms with E-state index in [0.717, 1.165) is 0 Å². The van der Waals surface area contributed by atoms with E-state index in [4.69, 9.17) is 0 Å². The second kappa shape index (κ2) is 10.3. The van der Waals surface area contributed by atoms with E-state index in [1.165, 1.54) is 32.7 Å². The van der Waals surface area contributed by atoms with Crippen LogP contribution in [0.15, 0.2) is 83.2 Å². The van der Waals surface area contributed by atoms with Crippen molar-refractivity contribution in [3.8, 4) is 0 Å². The molecule has 2 atom stereocenters. The predicted octanol–water partition coefficient (Wildman–Crippen LogP) is 10.5. The minimum absolute atomic E-state index is 0. The topological polar surface area (TPSA) is 0 Å². The van der Waals surface area contributed by atoms with Crippen molar-refractivity contribution in [3.63, 3.8) is 0 Å². The van der Waals surface area contributed by atoms with Gasteiger partial charge in [-0.3, -0.25) is 0 Å². The van der Waals surface area contributed by atoms with Crippen LogP contribution in [0.3, 0.4) is 0 Å². The van der Waals surface area contributed by atoms with Gasteiger partial charge in [0, 0.05) is 0 Å². The minimum Gasteiger partial charge on any atom is -0.147 e. The molecule has 0 aliphatic heterocycles. The first-order valence-corrected chi connectivity index (χ1v) is 40.9. The average molecular weight is 786 g/mol. The van der Waals surface area contributed by atoms with Gasteiger partial charge in [-0.05, 0) is 0 Å². The van der Waals surface area contributed by atoms with Gasteiger partial charge in [0.25, 0.3) is 0 Å². The van der Waals surface area contributed by atoms with Crippen molar-refractivity contribution >= 4 is 81.6 Å². The van der Waals surface area contributed by atoms with E-state index in [-0.39, 0.29) is 24.8 Å². The van der Waals surface area contributed by atoms with E-state index in [9.17, 15) is 0 Å². The van der Waals surface area contributed by atoms with Crippen molar-refractivity contribution in [1.82, 2.24) is 0 Å². The van der Waals surface area contributed by atoms with Gasteiger partial charge in [0.1, 0.15) is 0 Å². The summed E-state index contributed by atoms with van der Waals surface area (Å²) in [5, 5.41) is 9.40. The number of rotatable bonds is 4. The molecule has 4 aromatic carbocycles. The Kier molecular flexibility index (Phi) is 8.22. The second-order valence-electron chi connectivity index (χ2n) is 15.1. The first kappa shape index (κ1) is 31.9. The van der Waals surface area contributed by atoms with Crippen LogP contribution in [0.2, 0.25) is 48.6 Å². The summed E-state index contributed by atoms with van der Waals surface area (Å²) in [5.74, 6) is 0. The molecule has 0 saturated heterocycles. The molecule has 0 fully saturated rings. The van der Waals surface area contributed by atoms with Crippen LogP contribution in [0.25, 0.3) is 33.7 Å². The molecule has 4 aromatic rings. The molecule has 2 aliphatic rings. The van der Waals surface area contributed by atoms with E-state index in [0.29, 0.717) is 7.35 Å². The van der Waals surface area contributed by atoms with Crippen LogP contribution in [0.5, 0.6) is 0 Å². The maximum absolute atomic E-state index is 3.86. The van der Waals surface area contributed by atoms with Crippen molar-refractivity contribution in [2.45, 2.75) is 56.0 Å². The van der Waals surface area contributed by atoms with E-state index in [1.807, 2.05) is 10.4 Å². The molecule has 0 bridgehead atoms. The zero-order chi connectivity index (χ0) is 27.3. The largest absolute Gasteiger partial charge is 0.147 e. The third-order valence-electron chi connectivity index (χ3n) is 9.46. The zero-order valence-corrected chi connectivity index (χ0v) is 33.9. The van der Waals surface area contributed by atoms with Gasteiger partial charge in [0.05, 0.1) is 0 Å². The van der Waals surface area contributed by atoms with Gasteiger partial charge in [-0.2, -0.15) is 0 Å². The third-order valence-corrected chi connectivity index (χ3v) is 40.5. The molecule has 6 heteroatoms. The standard InChI is InChI=1S/2C16H17Si.2CH3.2ClH.Hf.H2Si/c2*1-17(2,3)14-10-13-9-8-12-6-4-5-7-15(12)16(13)11-14;;;;;;/h2*4-11H,1-3H3;2*1H3;2*1H;;1H2. The molecule has 0 saturated carbocycles. The summed E-state index contributed by atoms with van der Waals surface area (Å²) in [6.07, 6.45) is 5.32. The third kappa shape index (κ3) is 4.89. The summed E-state index contributed by atoms with van der Waals surface area (Å²) in [6, 6.07) is 27.9. The molecule has 210 valence electrons. The van der Waals surface area contributed by atoms with Crippen LogP contribution in [0.4, 0.5) is 0 Å². The smallest absolute Gasteiger partial charge is 0.147 e. The first-order valence-electron chi connectivity index (χ1n) is 14.2. The summed E-state index contributed by atoms with van der Waals surface area (Å²) in [7, 11) is -3.16. The van der Waals surface area contributed by atoms with Crippen LogP contribution in [0, 0.1) is 0 Å². The predicted molar refractivity (Wildman–Crippen MR) is 191 cm³/mol. The molecular formula is C34H44Cl2HfSi3. The Balaban J connectivity index is 0.00000185. The number of fused-ring (bicyclic) bond motifs is 6. The monoisotopic (exact) mass is 786 g/mol. The van der Waals surface area contributed by atoms with Crippen LogP contribution < -0.4 is 0 Å². The zero-order valence-electron chi connectivity index (χ0n) is 25.3. The van der Waals surface area contributed by atoms with Gasteiger partial charge in [0.2, 0.25) is 0 Å². The van der Waals surface area contributed by atoms with Crippen molar-refractivity contribution in [3.05, 3.63) is 105 Å². The van der Waals surface area contributed by atoms with Gasteiger partial charge in [-0.1, -0.05) is 0 Å². The molecule has 0 aromatic heterocycles. The van der Waals surface area contributed by atoms with E-state index >= 15 is 0 Å². The van der Waals surface area contributed by atoms with Gasteiger partial charge >= 0.3 is 235 Å². The van der Waals surface area contributed by atoms with Gasteiger partial charge in [-0.25, -0.2) is 0 Å². The summed E-state index contributed by atoms with van der Waals surface area (Å²) in [4.78, 5) is 0. The first-order chi connectivity index (χ1) is 17.7. The average Bonchev–Trinajstić information content (AvgIpc) is 3.45. The van der Waals surface area contributed by atoms with E-state index in [2.05, 4.69) is 141 Å². The normalized spacial score (nSPS) is 18.9. The fourth-order valence-corrected chi connectivity index (χ4v) is 56.6. The molecule has 0 spiro atoms. The molecule has 6 rings (SSSR count). The quantitative estimate of drug-likeness (QED) is 0.181. The van der Waals surface area contributed by atoms with Crippen molar-refractivity contribution in [1.29, 1.82) is 0 Å². The minimum atomic E-state index is -3.86. The van der Waals surface area contributed by atoms with Gasteiger partial charge in [0.15, 0.2) is 0 Å². The summed E-state index contributed by atoms with van der Waals surface area (Å²) in [5.41, 5.74) is 6.33. The van der Waals surface area contributed by atoms with E-state index < -0.39 is 33.3 Å². The number of allylic oxidation sites excluding steroid dienone is 2. The summed E-state index contributed by atoms with van der Waals surface area (Å²) in [6.45, 7) is 18.0. The fraction of sp³-hybridized carbons (Fsp3) is 0.294. The number of halogens is 2. The maximum Gasteiger partial charge on any atom is -0.147 e. The molecule has 2 unspecified atom stereocenters. The van der Waals surface area contributed by atoms with Crippen LogP contribution in [-0.4, -0.2) is 23.1 Å². The maximum atomic E-state index is 2.85. The SMILES string of the molecule is C[Si](C)(C)C1=Cc2ccc3ccccc3c2[CH]1[Hf]([CH3])([CH3])(=[SiH2])[CH]1C([Si](C)(C)C)=Cc2ccc3ccccc3c21.Cl.Cl. The molecule has 0 heterocycles.